The first-order chi connectivity index (χ1) is 17.6. The summed E-state index contributed by atoms with van der Waals surface area (Å²) in [4.78, 5) is 37.6. The number of hydrogen-bond donors (Lipinski definition) is 2. The van der Waals surface area contributed by atoms with Gasteiger partial charge >= 0.3 is 6.18 Å². The van der Waals surface area contributed by atoms with Crippen molar-refractivity contribution in [1.82, 2.24) is 19.9 Å². The first kappa shape index (κ1) is 26.9. The molecule has 11 heteroatoms. The van der Waals surface area contributed by atoms with Crippen LogP contribution in [0, 0.1) is 6.92 Å². The number of alkyl halides is 3. The van der Waals surface area contributed by atoms with Crippen LogP contribution in [0.3, 0.4) is 0 Å². The number of carbonyl (C=O) groups excluding carboxylic acids is 2. The number of anilines is 2. The Kier molecular flexibility index (Phi) is 8.62. The monoisotopic (exact) mass is 508 g/mol. The van der Waals surface area contributed by atoms with Crippen LogP contribution in [0.2, 0.25) is 0 Å². The molecule has 0 aliphatic heterocycles. The molecule has 0 saturated carbocycles. The van der Waals surface area contributed by atoms with Crippen LogP contribution >= 0.6 is 0 Å². The molecule has 1 aromatic carbocycles. The molecular formula is C26H23F3N6O2. The molecule has 3 aromatic heterocycles. The number of aryl methyl sites for hydroxylation is 1. The molecule has 0 bridgehead atoms. The van der Waals surface area contributed by atoms with Gasteiger partial charge in [0, 0.05) is 54.9 Å². The molecule has 0 fully saturated rings. The average molecular weight is 509 g/mol. The molecule has 0 radical (unpaired) electrons. The van der Waals surface area contributed by atoms with E-state index in [1.165, 1.54) is 13.0 Å². The first-order valence-electron chi connectivity index (χ1n) is 10.9. The van der Waals surface area contributed by atoms with Gasteiger partial charge in [-0.1, -0.05) is 6.07 Å². The molecule has 0 unspecified atom stereocenters. The lowest BCUT2D eigenvalue weighted by Gasteiger charge is -2.09. The maximum absolute atomic E-state index is 11.9. The molecule has 3 heterocycles. The van der Waals surface area contributed by atoms with Crippen molar-refractivity contribution in [1.29, 1.82) is 0 Å². The van der Waals surface area contributed by atoms with E-state index < -0.39 is 11.9 Å². The standard InChI is InChI=1S/C19H19N5O.C7H4F3NO/c1-12-4-5-15(20-3)11-16(12)19-22-9-7-17(24-19)14-6-8-21-18(10-14)23-13(2)25;8-7(9,10)6-3-5(4-12)1-2-11-6/h4-11,20H,1-3H3,(H,21,23,25);1-4H. The molecule has 37 heavy (non-hydrogen) atoms. The highest BCUT2D eigenvalue weighted by molar-refractivity contribution is 5.88. The molecule has 4 aromatic rings. The largest absolute Gasteiger partial charge is 0.433 e. The number of nitrogens with one attached hydrogen (secondary N) is 2. The Bertz CT molecular complexity index is 1410. The van der Waals surface area contributed by atoms with Crippen molar-refractivity contribution in [3.8, 4) is 22.6 Å². The average Bonchev–Trinajstić information content (AvgIpc) is 2.89. The SMILES string of the molecule is CNc1ccc(C)c(-c2nccc(-c3ccnc(NC(C)=O)c3)n2)c1.O=Cc1ccnc(C(F)(F)F)c1. The number of amides is 1. The van der Waals surface area contributed by atoms with Crippen LogP contribution in [-0.2, 0) is 11.0 Å². The van der Waals surface area contributed by atoms with Crippen molar-refractivity contribution in [3.63, 3.8) is 0 Å². The summed E-state index contributed by atoms with van der Waals surface area (Å²) < 4.78 is 35.8. The molecule has 0 saturated heterocycles. The number of hydrogen-bond acceptors (Lipinski definition) is 7. The molecule has 0 aliphatic carbocycles. The Morgan fingerprint density at radius 2 is 1.68 bits per heavy atom. The topological polar surface area (TPSA) is 110 Å². The summed E-state index contributed by atoms with van der Waals surface area (Å²) in [5.74, 6) is 0.996. The maximum Gasteiger partial charge on any atom is 0.433 e. The van der Waals surface area contributed by atoms with Crippen LogP contribution in [-0.4, -0.2) is 39.2 Å². The van der Waals surface area contributed by atoms with Gasteiger partial charge in [0.2, 0.25) is 5.91 Å². The summed E-state index contributed by atoms with van der Waals surface area (Å²) in [6.07, 6.45) is 0.194. The molecule has 1 amide bonds. The Hall–Kier alpha value is -4.67. The van der Waals surface area contributed by atoms with Gasteiger partial charge in [-0.25, -0.2) is 15.0 Å². The Labute approximate surface area is 211 Å². The molecule has 2 N–H and O–H groups in total. The molecule has 0 aliphatic rings. The Morgan fingerprint density at radius 3 is 2.35 bits per heavy atom. The van der Waals surface area contributed by atoms with E-state index in [1.54, 1.807) is 18.5 Å². The minimum absolute atomic E-state index is 0.0303. The lowest BCUT2D eigenvalue weighted by molar-refractivity contribution is -0.141. The van der Waals surface area contributed by atoms with Crippen molar-refractivity contribution >= 4 is 23.7 Å². The van der Waals surface area contributed by atoms with E-state index in [2.05, 4.69) is 25.6 Å². The lowest BCUT2D eigenvalue weighted by atomic mass is 10.1. The predicted octanol–water partition coefficient (Wildman–Crippen LogP) is 5.43. The van der Waals surface area contributed by atoms with E-state index in [0.717, 1.165) is 34.3 Å². The molecule has 0 spiro atoms. The zero-order valence-electron chi connectivity index (χ0n) is 20.2. The molecule has 4 rings (SSSR count). The zero-order chi connectivity index (χ0) is 27.0. The van der Waals surface area contributed by atoms with Gasteiger partial charge in [0.15, 0.2) is 5.82 Å². The summed E-state index contributed by atoms with van der Waals surface area (Å²) in [5, 5.41) is 5.82. The smallest absolute Gasteiger partial charge is 0.388 e. The van der Waals surface area contributed by atoms with Crippen molar-refractivity contribution in [2.45, 2.75) is 20.0 Å². The van der Waals surface area contributed by atoms with Gasteiger partial charge in [0.05, 0.1) is 5.69 Å². The van der Waals surface area contributed by atoms with Gasteiger partial charge < -0.3 is 10.6 Å². The van der Waals surface area contributed by atoms with Crippen LogP contribution in [0.25, 0.3) is 22.6 Å². The fraction of sp³-hybridized carbons (Fsp3) is 0.154. The van der Waals surface area contributed by atoms with E-state index in [-0.39, 0.29) is 11.5 Å². The number of carbonyl (C=O) groups is 2. The highest BCUT2D eigenvalue weighted by Crippen LogP contribution is 2.28. The Morgan fingerprint density at radius 1 is 0.946 bits per heavy atom. The van der Waals surface area contributed by atoms with E-state index in [0.29, 0.717) is 24.0 Å². The summed E-state index contributed by atoms with van der Waals surface area (Å²) in [6.45, 7) is 3.49. The minimum Gasteiger partial charge on any atom is -0.388 e. The van der Waals surface area contributed by atoms with E-state index in [1.807, 2.05) is 44.3 Å². The highest BCUT2D eigenvalue weighted by atomic mass is 19.4. The predicted molar refractivity (Wildman–Crippen MR) is 134 cm³/mol. The summed E-state index contributed by atoms with van der Waals surface area (Å²) >= 11 is 0. The quantitative estimate of drug-likeness (QED) is 0.346. The normalized spacial score (nSPS) is 10.6. The van der Waals surface area contributed by atoms with Crippen LogP contribution < -0.4 is 10.6 Å². The summed E-state index contributed by atoms with van der Waals surface area (Å²) in [6, 6.07) is 13.5. The van der Waals surface area contributed by atoms with Gasteiger partial charge in [0.25, 0.3) is 0 Å². The van der Waals surface area contributed by atoms with Crippen molar-refractivity contribution < 1.29 is 22.8 Å². The number of rotatable bonds is 5. The number of halogens is 3. The van der Waals surface area contributed by atoms with Crippen LogP contribution in [0.4, 0.5) is 24.7 Å². The van der Waals surface area contributed by atoms with Gasteiger partial charge in [-0.2, -0.15) is 13.2 Å². The second-order valence-corrected chi connectivity index (χ2v) is 7.75. The van der Waals surface area contributed by atoms with E-state index >= 15 is 0 Å². The fourth-order valence-electron chi connectivity index (χ4n) is 3.18. The third-order valence-electron chi connectivity index (χ3n) is 4.99. The van der Waals surface area contributed by atoms with Gasteiger partial charge in [-0.15, -0.1) is 0 Å². The highest BCUT2D eigenvalue weighted by Gasteiger charge is 2.32. The van der Waals surface area contributed by atoms with E-state index in [9.17, 15) is 22.8 Å². The number of aldehydes is 1. The van der Waals surface area contributed by atoms with Gasteiger partial charge in [0.1, 0.15) is 17.8 Å². The Balaban J connectivity index is 0.000000266. The van der Waals surface area contributed by atoms with Crippen molar-refractivity contribution in [2.24, 2.45) is 0 Å². The third-order valence-corrected chi connectivity index (χ3v) is 4.99. The minimum atomic E-state index is -4.49. The second kappa shape index (κ2) is 11.8. The van der Waals surface area contributed by atoms with Crippen LogP contribution in [0.5, 0.6) is 0 Å². The van der Waals surface area contributed by atoms with Crippen LogP contribution in [0.15, 0.2) is 67.1 Å². The van der Waals surface area contributed by atoms with Crippen molar-refractivity contribution in [3.05, 3.63) is 83.9 Å². The molecule has 190 valence electrons. The number of pyridine rings is 2. The summed E-state index contributed by atoms with van der Waals surface area (Å²) in [7, 11) is 1.88. The first-order valence-corrected chi connectivity index (χ1v) is 10.9. The summed E-state index contributed by atoms with van der Waals surface area (Å²) in [5.41, 5.74) is 3.64. The number of aromatic nitrogens is 4. The number of benzene rings is 1. The molecule has 0 atom stereocenters. The zero-order valence-corrected chi connectivity index (χ0v) is 20.2. The van der Waals surface area contributed by atoms with Crippen molar-refractivity contribution in [2.75, 3.05) is 17.7 Å². The van der Waals surface area contributed by atoms with Gasteiger partial charge in [-0.3, -0.25) is 14.6 Å². The van der Waals surface area contributed by atoms with Gasteiger partial charge in [-0.05, 0) is 55.0 Å². The van der Waals surface area contributed by atoms with E-state index in [4.69, 9.17) is 4.98 Å². The molecular weight excluding hydrogens is 485 g/mol. The molecule has 8 nitrogen and oxygen atoms in total. The second-order valence-electron chi connectivity index (χ2n) is 7.75. The number of nitrogens with zero attached hydrogens (tertiary/aromatic N) is 4. The van der Waals surface area contributed by atoms with Crippen LogP contribution in [0.1, 0.15) is 28.5 Å². The lowest BCUT2D eigenvalue weighted by Crippen LogP contribution is -2.07. The fourth-order valence-corrected chi connectivity index (χ4v) is 3.18. The third kappa shape index (κ3) is 7.40. The maximum atomic E-state index is 11.9.